The van der Waals surface area contributed by atoms with Crippen LogP contribution in [-0.4, -0.2) is 39.5 Å². The van der Waals surface area contributed by atoms with Gasteiger partial charge in [-0.25, -0.2) is 8.42 Å². The smallest absolute Gasteiger partial charge is 0.188 e. The lowest BCUT2D eigenvalue weighted by Crippen LogP contribution is -2.38. The minimum atomic E-state index is -2.98. The molecule has 0 bridgehead atoms. The van der Waals surface area contributed by atoms with Crippen LogP contribution in [0.2, 0.25) is 0 Å². The van der Waals surface area contributed by atoms with E-state index in [4.69, 9.17) is 5.73 Å². The van der Waals surface area contributed by atoms with Gasteiger partial charge >= 0.3 is 0 Å². The summed E-state index contributed by atoms with van der Waals surface area (Å²) in [6, 6.07) is 0. The minimum Gasteiger partial charge on any atom is -0.370 e. The van der Waals surface area contributed by atoms with Crippen LogP contribution in [0.25, 0.3) is 0 Å². The lowest BCUT2D eigenvalue weighted by Gasteiger charge is -2.10. The van der Waals surface area contributed by atoms with E-state index in [1.165, 1.54) is 13.3 Å². The van der Waals surface area contributed by atoms with Crippen LogP contribution in [0.15, 0.2) is 4.99 Å². The van der Waals surface area contributed by atoms with Crippen LogP contribution in [-0.2, 0) is 9.84 Å². The average Bonchev–Trinajstić information content (AvgIpc) is 1.97. The maximum Gasteiger partial charge on any atom is 0.188 e. The Balaban J connectivity index is 0. The molecule has 5 nitrogen and oxygen atoms in total. The van der Waals surface area contributed by atoms with E-state index >= 15 is 0 Å². The molecule has 0 aliphatic carbocycles. The third kappa shape index (κ3) is 7.05. The van der Waals surface area contributed by atoms with Gasteiger partial charge in [-0.15, -0.1) is 24.0 Å². The van der Waals surface area contributed by atoms with Crippen LogP contribution in [0.3, 0.4) is 0 Å². The number of hydrogen-bond donors (Lipinski definition) is 2. The maximum atomic E-state index is 10.9. The molecule has 0 aromatic rings. The lowest BCUT2D eigenvalue weighted by molar-refractivity contribution is 0.587. The maximum absolute atomic E-state index is 10.9. The number of sulfone groups is 1. The van der Waals surface area contributed by atoms with E-state index in [9.17, 15) is 8.42 Å². The highest BCUT2D eigenvalue weighted by molar-refractivity contribution is 14.0. The summed E-state index contributed by atoms with van der Waals surface area (Å²) in [5, 5.41) is 2.24. The summed E-state index contributed by atoms with van der Waals surface area (Å²) in [7, 11) is -1.44. The van der Waals surface area contributed by atoms with Gasteiger partial charge in [0, 0.05) is 19.8 Å². The number of rotatable bonds is 3. The topological polar surface area (TPSA) is 84.5 Å². The Morgan fingerprint density at radius 3 is 2.38 bits per heavy atom. The molecule has 7 heteroatoms. The normalized spacial score (nSPS) is 14.5. The molecule has 0 heterocycles. The summed E-state index contributed by atoms with van der Waals surface area (Å²) in [6.07, 6.45) is 1.19. The molecular formula is C6H16IN3O2S. The van der Waals surface area contributed by atoms with Crippen LogP contribution >= 0.6 is 24.0 Å². The van der Waals surface area contributed by atoms with Crippen LogP contribution in [0.5, 0.6) is 0 Å². The highest BCUT2D eigenvalue weighted by atomic mass is 127. The summed E-state index contributed by atoms with van der Waals surface area (Å²) in [6.45, 7) is 1.91. The van der Waals surface area contributed by atoms with Crippen LogP contribution < -0.4 is 11.1 Å². The van der Waals surface area contributed by atoms with Crippen molar-refractivity contribution in [3.05, 3.63) is 0 Å². The van der Waals surface area contributed by atoms with Crippen molar-refractivity contribution < 1.29 is 8.42 Å². The Kier molecular flexibility index (Phi) is 7.61. The molecule has 0 spiro atoms. The van der Waals surface area contributed by atoms with E-state index < -0.39 is 15.1 Å². The minimum absolute atomic E-state index is 0. The molecule has 0 saturated heterocycles. The second kappa shape index (κ2) is 6.41. The molecule has 0 amide bonds. The predicted molar refractivity (Wildman–Crippen MR) is 65.3 cm³/mol. The SMILES string of the molecule is CN=C(N)NCC(C)S(C)(=O)=O.I. The monoisotopic (exact) mass is 321 g/mol. The molecule has 0 aromatic carbocycles. The number of nitrogens with zero attached hydrogens (tertiary/aromatic N) is 1. The van der Waals surface area contributed by atoms with Crippen LogP contribution in [0.1, 0.15) is 6.92 Å². The number of aliphatic imine (C=N–C) groups is 1. The summed E-state index contributed by atoms with van der Waals surface area (Å²) < 4.78 is 21.8. The molecule has 3 N–H and O–H groups in total. The first-order valence-corrected chi connectivity index (χ1v) is 5.48. The summed E-state index contributed by atoms with van der Waals surface area (Å²) in [4.78, 5) is 3.63. The Labute approximate surface area is 96.1 Å². The standard InChI is InChI=1S/C6H15N3O2S.HI/c1-5(12(3,10)11)4-9-6(7)8-2;/h5H,4H2,1-3H3,(H3,7,8,9);1H. The number of nitrogens with two attached hydrogens (primary N) is 1. The number of guanidine groups is 1. The van der Waals surface area contributed by atoms with Crippen LogP contribution in [0.4, 0.5) is 0 Å². The average molecular weight is 321 g/mol. The second-order valence-electron chi connectivity index (χ2n) is 2.63. The third-order valence-electron chi connectivity index (χ3n) is 1.54. The van der Waals surface area contributed by atoms with Gasteiger partial charge in [0.2, 0.25) is 0 Å². The van der Waals surface area contributed by atoms with Crippen molar-refractivity contribution in [2.24, 2.45) is 10.7 Å². The molecule has 0 saturated carbocycles. The molecule has 0 fully saturated rings. The number of halogens is 1. The first kappa shape index (κ1) is 15.4. The zero-order valence-corrected chi connectivity index (χ0v) is 11.1. The molecule has 0 aliphatic heterocycles. The quantitative estimate of drug-likeness (QED) is 0.420. The highest BCUT2D eigenvalue weighted by Gasteiger charge is 2.13. The molecule has 0 radical (unpaired) electrons. The molecule has 1 atom stereocenters. The van der Waals surface area contributed by atoms with Crippen molar-refractivity contribution in [1.82, 2.24) is 5.32 Å². The van der Waals surface area contributed by atoms with Crippen molar-refractivity contribution in [3.8, 4) is 0 Å². The summed E-state index contributed by atoms with van der Waals surface area (Å²) >= 11 is 0. The number of nitrogens with one attached hydrogen (secondary N) is 1. The van der Waals surface area contributed by atoms with Crippen LogP contribution in [0, 0.1) is 0 Å². The van der Waals surface area contributed by atoms with Gasteiger partial charge in [0.25, 0.3) is 0 Å². The van der Waals surface area contributed by atoms with Gasteiger partial charge in [-0.3, -0.25) is 4.99 Å². The van der Waals surface area contributed by atoms with E-state index in [2.05, 4.69) is 10.3 Å². The largest absolute Gasteiger partial charge is 0.370 e. The Morgan fingerprint density at radius 2 is 2.08 bits per heavy atom. The Morgan fingerprint density at radius 1 is 1.62 bits per heavy atom. The van der Waals surface area contributed by atoms with Gasteiger partial charge in [0.05, 0.1) is 5.25 Å². The molecule has 0 aromatic heterocycles. The first-order chi connectivity index (χ1) is 5.38. The Bertz CT molecular complexity index is 263. The van der Waals surface area contributed by atoms with Crippen molar-refractivity contribution in [1.29, 1.82) is 0 Å². The van der Waals surface area contributed by atoms with Gasteiger partial charge in [0.15, 0.2) is 15.8 Å². The summed E-state index contributed by atoms with van der Waals surface area (Å²) in [5.74, 6) is 0.255. The zero-order chi connectivity index (χ0) is 9.78. The molecular weight excluding hydrogens is 305 g/mol. The third-order valence-corrected chi connectivity index (χ3v) is 3.17. The molecule has 80 valence electrons. The van der Waals surface area contributed by atoms with E-state index in [0.29, 0.717) is 6.54 Å². The van der Waals surface area contributed by atoms with Gasteiger partial charge in [0.1, 0.15) is 0 Å². The zero-order valence-electron chi connectivity index (χ0n) is 7.94. The highest BCUT2D eigenvalue weighted by Crippen LogP contribution is 1.94. The van der Waals surface area contributed by atoms with E-state index in [1.54, 1.807) is 6.92 Å². The predicted octanol–water partition coefficient (Wildman–Crippen LogP) is -0.428. The van der Waals surface area contributed by atoms with Gasteiger partial charge in [-0.2, -0.15) is 0 Å². The fourth-order valence-corrected chi connectivity index (χ4v) is 0.865. The molecule has 13 heavy (non-hydrogen) atoms. The van der Waals surface area contributed by atoms with Gasteiger partial charge in [-0.1, -0.05) is 0 Å². The molecule has 1 unspecified atom stereocenters. The Hall–Kier alpha value is -0.0500. The van der Waals surface area contributed by atoms with Crippen molar-refractivity contribution >= 4 is 39.8 Å². The lowest BCUT2D eigenvalue weighted by atomic mass is 10.5. The molecule has 0 rings (SSSR count). The van der Waals surface area contributed by atoms with Crippen molar-refractivity contribution in [3.63, 3.8) is 0 Å². The first-order valence-electron chi connectivity index (χ1n) is 3.53. The van der Waals surface area contributed by atoms with Crippen molar-refractivity contribution in [2.45, 2.75) is 12.2 Å². The van der Waals surface area contributed by atoms with E-state index in [1.807, 2.05) is 0 Å². The van der Waals surface area contributed by atoms with Gasteiger partial charge < -0.3 is 11.1 Å². The molecule has 0 aliphatic rings. The second-order valence-corrected chi connectivity index (χ2v) is 5.09. The van der Waals surface area contributed by atoms with Crippen molar-refractivity contribution in [2.75, 3.05) is 19.8 Å². The van der Waals surface area contributed by atoms with Gasteiger partial charge in [-0.05, 0) is 6.92 Å². The van der Waals surface area contributed by atoms with E-state index in [-0.39, 0.29) is 29.9 Å². The fraction of sp³-hybridized carbons (Fsp3) is 0.833. The fourth-order valence-electron chi connectivity index (χ4n) is 0.479. The van der Waals surface area contributed by atoms with E-state index in [0.717, 1.165) is 0 Å². The number of hydrogen-bond acceptors (Lipinski definition) is 3. The summed E-state index contributed by atoms with van der Waals surface area (Å²) in [5.41, 5.74) is 5.31.